The normalized spacial score (nSPS) is 10.7. The number of rotatable bonds is 6. The number of hydrogen-bond donors (Lipinski definition) is 1. The SMILES string of the molecule is O=C(OCc1ccccc1)c1nc2ccccc2nc1NCc1ccccc1Cl. The summed E-state index contributed by atoms with van der Waals surface area (Å²) in [6.07, 6.45) is 0. The van der Waals surface area contributed by atoms with Crippen molar-refractivity contribution in [3.8, 4) is 0 Å². The summed E-state index contributed by atoms with van der Waals surface area (Å²) in [5, 5.41) is 3.82. The van der Waals surface area contributed by atoms with Gasteiger partial charge in [0, 0.05) is 11.6 Å². The zero-order valence-corrected chi connectivity index (χ0v) is 16.3. The fourth-order valence-corrected chi connectivity index (χ4v) is 3.08. The van der Waals surface area contributed by atoms with Gasteiger partial charge in [-0.3, -0.25) is 0 Å². The Hall–Kier alpha value is -3.44. The van der Waals surface area contributed by atoms with Gasteiger partial charge in [-0.2, -0.15) is 0 Å². The number of para-hydroxylation sites is 2. The van der Waals surface area contributed by atoms with Crippen molar-refractivity contribution in [1.29, 1.82) is 0 Å². The second-order valence-corrected chi connectivity index (χ2v) is 6.82. The molecule has 0 atom stereocenters. The van der Waals surface area contributed by atoms with Gasteiger partial charge in [-0.15, -0.1) is 0 Å². The summed E-state index contributed by atoms with van der Waals surface area (Å²) in [7, 11) is 0. The maximum atomic E-state index is 12.8. The summed E-state index contributed by atoms with van der Waals surface area (Å²) < 4.78 is 5.47. The van der Waals surface area contributed by atoms with Crippen molar-refractivity contribution in [2.75, 3.05) is 5.32 Å². The van der Waals surface area contributed by atoms with E-state index < -0.39 is 5.97 Å². The van der Waals surface area contributed by atoms with Gasteiger partial charge >= 0.3 is 5.97 Å². The fourth-order valence-electron chi connectivity index (χ4n) is 2.88. The molecule has 5 nitrogen and oxygen atoms in total. The minimum Gasteiger partial charge on any atom is -0.456 e. The summed E-state index contributed by atoms with van der Waals surface area (Å²) >= 11 is 6.24. The highest BCUT2D eigenvalue weighted by Gasteiger charge is 2.18. The first-order chi connectivity index (χ1) is 14.2. The largest absolute Gasteiger partial charge is 0.456 e. The molecule has 0 saturated carbocycles. The van der Waals surface area contributed by atoms with Gasteiger partial charge in [-0.1, -0.05) is 72.3 Å². The van der Waals surface area contributed by atoms with E-state index in [1.807, 2.05) is 78.9 Å². The van der Waals surface area contributed by atoms with E-state index in [0.29, 0.717) is 28.4 Å². The minimum atomic E-state index is -0.534. The molecule has 0 saturated heterocycles. The lowest BCUT2D eigenvalue weighted by Gasteiger charge is -2.12. The molecule has 0 bridgehead atoms. The number of fused-ring (bicyclic) bond motifs is 1. The first kappa shape index (κ1) is 18.9. The van der Waals surface area contributed by atoms with Gasteiger partial charge in [0.2, 0.25) is 0 Å². The molecule has 0 fully saturated rings. The molecule has 0 amide bonds. The molecule has 6 heteroatoms. The second-order valence-electron chi connectivity index (χ2n) is 6.42. The molecule has 4 rings (SSSR count). The van der Waals surface area contributed by atoms with Crippen LogP contribution in [0.5, 0.6) is 0 Å². The molecule has 1 N–H and O–H groups in total. The smallest absolute Gasteiger partial charge is 0.361 e. The third-order valence-corrected chi connectivity index (χ3v) is 4.75. The Balaban J connectivity index is 1.61. The third-order valence-electron chi connectivity index (χ3n) is 4.38. The van der Waals surface area contributed by atoms with Gasteiger partial charge in [-0.25, -0.2) is 14.8 Å². The number of nitrogens with zero attached hydrogens (tertiary/aromatic N) is 2. The molecule has 1 heterocycles. The average Bonchev–Trinajstić information content (AvgIpc) is 2.77. The predicted molar refractivity (Wildman–Crippen MR) is 114 cm³/mol. The monoisotopic (exact) mass is 403 g/mol. The molecule has 1 aromatic heterocycles. The highest BCUT2D eigenvalue weighted by atomic mass is 35.5. The van der Waals surface area contributed by atoms with Crippen LogP contribution >= 0.6 is 11.6 Å². The van der Waals surface area contributed by atoms with E-state index in [9.17, 15) is 4.79 Å². The molecule has 0 aliphatic rings. The van der Waals surface area contributed by atoms with Crippen LogP contribution in [-0.4, -0.2) is 15.9 Å². The van der Waals surface area contributed by atoms with E-state index in [-0.39, 0.29) is 12.3 Å². The average molecular weight is 404 g/mol. The topological polar surface area (TPSA) is 64.1 Å². The van der Waals surface area contributed by atoms with Crippen LogP contribution in [0.4, 0.5) is 5.82 Å². The van der Waals surface area contributed by atoms with Crippen molar-refractivity contribution in [2.45, 2.75) is 13.2 Å². The number of aromatic nitrogens is 2. The fraction of sp³-hybridized carbons (Fsp3) is 0.0870. The highest BCUT2D eigenvalue weighted by molar-refractivity contribution is 6.31. The predicted octanol–water partition coefficient (Wildman–Crippen LogP) is 5.25. The molecule has 29 heavy (non-hydrogen) atoms. The third kappa shape index (κ3) is 4.52. The first-order valence-corrected chi connectivity index (χ1v) is 9.53. The Labute approximate surface area is 173 Å². The van der Waals surface area contributed by atoms with E-state index in [1.54, 1.807) is 0 Å². The number of esters is 1. The van der Waals surface area contributed by atoms with Crippen LogP contribution in [0.2, 0.25) is 5.02 Å². The number of carbonyl (C=O) groups is 1. The van der Waals surface area contributed by atoms with Crippen molar-refractivity contribution in [3.05, 3.63) is 101 Å². The summed E-state index contributed by atoms with van der Waals surface area (Å²) in [6.45, 7) is 0.573. The quantitative estimate of drug-likeness (QED) is 0.445. The van der Waals surface area contributed by atoms with Crippen molar-refractivity contribution in [2.24, 2.45) is 0 Å². The summed E-state index contributed by atoms with van der Waals surface area (Å²) in [5.41, 5.74) is 3.26. The van der Waals surface area contributed by atoms with Crippen molar-refractivity contribution in [3.63, 3.8) is 0 Å². The molecule has 0 aliphatic carbocycles. The lowest BCUT2D eigenvalue weighted by molar-refractivity contribution is 0.0467. The molecule has 4 aromatic rings. The maximum absolute atomic E-state index is 12.8. The van der Waals surface area contributed by atoms with Gasteiger partial charge < -0.3 is 10.1 Å². The van der Waals surface area contributed by atoms with Gasteiger partial charge in [0.25, 0.3) is 0 Å². The zero-order valence-electron chi connectivity index (χ0n) is 15.5. The number of carbonyl (C=O) groups excluding carboxylic acids is 1. The van der Waals surface area contributed by atoms with Crippen LogP contribution < -0.4 is 5.32 Å². The summed E-state index contributed by atoms with van der Waals surface area (Å²) in [5.74, 6) is -0.171. The number of ether oxygens (including phenoxy) is 1. The van der Waals surface area contributed by atoms with Crippen LogP contribution in [0.15, 0.2) is 78.9 Å². The Bertz CT molecular complexity index is 1150. The number of anilines is 1. The van der Waals surface area contributed by atoms with Crippen molar-refractivity contribution in [1.82, 2.24) is 9.97 Å². The lowest BCUT2D eigenvalue weighted by atomic mass is 10.2. The molecule has 3 aromatic carbocycles. The van der Waals surface area contributed by atoms with Crippen molar-refractivity contribution >= 4 is 34.4 Å². The van der Waals surface area contributed by atoms with E-state index >= 15 is 0 Å². The Morgan fingerprint density at radius 2 is 1.52 bits per heavy atom. The van der Waals surface area contributed by atoms with Crippen LogP contribution in [-0.2, 0) is 17.9 Å². The first-order valence-electron chi connectivity index (χ1n) is 9.16. The number of nitrogens with one attached hydrogen (secondary N) is 1. The molecule has 0 unspecified atom stereocenters. The Kier molecular flexibility index (Phi) is 5.68. The molecule has 0 radical (unpaired) electrons. The molecule has 0 spiro atoms. The highest BCUT2D eigenvalue weighted by Crippen LogP contribution is 2.21. The number of benzene rings is 3. The lowest BCUT2D eigenvalue weighted by Crippen LogP contribution is -2.14. The van der Waals surface area contributed by atoms with Gasteiger partial charge in [0.1, 0.15) is 6.61 Å². The summed E-state index contributed by atoms with van der Waals surface area (Å²) in [4.78, 5) is 21.8. The minimum absolute atomic E-state index is 0.145. The van der Waals surface area contributed by atoms with E-state index in [0.717, 1.165) is 11.1 Å². The molecular formula is C23H18ClN3O2. The van der Waals surface area contributed by atoms with Gasteiger partial charge in [0.05, 0.1) is 11.0 Å². The standard InChI is InChI=1S/C23H18ClN3O2/c24-18-11-5-4-10-17(18)14-25-22-21(26-19-12-6-7-13-20(19)27-22)23(28)29-15-16-8-2-1-3-9-16/h1-13H,14-15H2,(H,25,27). The zero-order chi connectivity index (χ0) is 20.1. The Morgan fingerprint density at radius 1 is 0.862 bits per heavy atom. The van der Waals surface area contributed by atoms with Crippen LogP contribution in [0, 0.1) is 0 Å². The van der Waals surface area contributed by atoms with E-state index in [1.165, 1.54) is 0 Å². The van der Waals surface area contributed by atoms with Crippen LogP contribution in [0.3, 0.4) is 0 Å². The molecule has 0 aliphatic heterocycles. The Morgan fingerprint density at radius 3 is 2.28 bits per heavy atom. The maximum Gasteiger partial charge on any atom is 0.361 e. The van der Waals surface area contributed by atoms with Gasteiger partial charge in [-0.05, 0) is 29.3 Å². The van der Waals surface area contributed by atoms with Gasteiger partial charge in [0.15, 0.2) is 11.5 Å². The van der Waals surface area contributed by atoms with E-state index in [4.69, 9.17) is 16.3 Å². The van der Waals surface area contributed by atoms with Crippen molar-refractivity contribution < 1.29 is 9.53 Å². The summed E-state index contributed by atoms with van der Waals surface area (Å²) in [6, 6.07) is 24.4. The number of halogens is 1. The molecular weight excluding hydrogens is 386 g/mol. The molecule has 144 valence electrons. The van der Waals surface area contributed by atoms with Crippen LogP contribution in [0.1, 0.15) is 21.6 Å². The second kappa shape index (κ2) is 8.71. The van der Waals surface area contributed by atoms with Crippen LogP contribution in [0.25, 0.3) is 11.0 Å². The van der Waals surface area contributed by atoms with E-state index in [2.05, 4.69) is 15.3 Å². The number of hydrogen-bond acceptors (Lipinski definition) is 5.